The molecule has 0 saturated heterocycles. The van der Waals surface area contributed by atoms with Crippen molar-refractivity contribution in [2.75, 3.05) is 5.73 Å². The van der Waals surface area contributed by atoms with Gasteiger partial charge in [-0.1, -0.05) is 5.21 Å². The number of rotatable bonds is 1. The van der Waals surface area contributed by atoms with E-state index in [1.54, 1.807) is 17.1 Å². The predicted molar refractivity (Wildman–Crippen MR) is 53.4 cm³/mol. The van der Waals surface area contributed by atoms with Crippen LogP contribution in [0.5, 0.6) is 0 Å². The predicted octanol–water partition coefficient (Wildman–Crippen LogP) is 0.768. The summed E-state index contributed by atoms with van der Waals surface area (Å²) >= 11 is 0. The lowest BCUT2D eigenvalue weighted by Crippen LogP contribution is -1.99. The Morgan fingerprint density at radius 1 is 1.36 bits per heavy atom. The maximum absolute atomic E-state index is 5.77. The summed E-state index contributed by atoms with van der Waals surface area (Å²) in [5.41, 5.74) is 8.58. The van der Waals surface area contributed by atoms with Gasteiger partial charge in [0.15, 0.2) is 0 Å². The second kappa shape index (κ2) is 3.10. The Kier molecular flexibility index (Phi) is 1.92. The second-order valence-electron chi connectivity index (χ2n) is 3.19. The quantitative estimate of drug-likeness (QED) is 0.719. The van der Waals surface area contributed by atoms with Gasteiger partial charge in [0.05, 0.1) is 11.9 Å². The summed E-state index contributed by atoms with van der Waals surface area (Å²) in [5, 5.41) is 7.65. The third kappa shape index (κ3) is 1.32. The molecule has 0 aliphatic rings. The van der Waals surface area contributed by atoms with E-state index in [2.05, 4.69) is 15.3 Å². The van der Waals surface area contributed by atoms with E-state index in [1.165, 1.54) is 0 Å². The molecule has 0 unspecified atom stereocenters. The zero-order valence-electron chi connectivity index (χ0n) is 8.10. The molecule has 0 atom stereocenters. The number of aromatic nitrogens is 4. The highest BCUT2D eigenvalue weighted by atomic mass is 15.4. The van der Waals surface area contributed by atoms with Crippen LogP contribution in [-0.2, 0) is 7.05 Å². The first-order valence-corrected chi connectivity index (χ1v) is 4.25. The van der Waals surface area contributed by atoms with Crippen molar-refractivity contribution in [1.82, 2.24) is 20.0 Å². The molecule has 5 nitrogen and oxygen atoms in total. The van der Waals surface area contributed by atoms with Gasteiger partial charge in [-0.15, -0.1) is 5.10 Å². The van der Waals surface area contributed by atoms with E-state index in [1.807, 2.05) is 20.0 Å². The van der Waals surface area contributed by atoms with Crippen LogP contribution in [0, 0.1) is 6.92 Å². The van der Waals surface area contributed by atoms with Crippen molar-refractivity contribution in [2.24, 2.45) is 7.05 Å². The van der Waals surface area contributed by atoms with E-state index in [-0.39, 0.29) is 0 Å². The van der Waals surface area contributed by atoms with Crippen molar-refractivity contribution in [2.45, 2.75) is 6.92 Å². The Labute approximate surface area is 81.6 Å². The molecule has 0 aliphatic carbocycles. The van der Waals surface area contributed by atoms with Gasteiger partial charge in [0.1, 0.15) is 5.82 Å². The first-order valence-electron chi connectivity index (χ1n) is 4.25. The number of aryl methyl sites for hydroxylation is 2. The number of hydrogen-bond acceptors (Lipinski definition) is 4. The smallest absolute Gasteiger partial charge is 0.132 e. The minimum atomic E-state index is 0.501. The Bertz CT molecular complexity index is 460. The van der Waals surface area contributed by atoms with Crippen LogP contribution in [-0.4, -0.2) is 20.0 Å². The molecule has 72 valence electrons. The molecule has 0 radical (unpaired) electrons. The Morgan fingerprint density at radius 3 is 2.79 bits per heavy atom. The Hall–Kier alpha value is -1.91. The van der Waals surface area contributed by atoms with E-state index in [9.17, 15) is 0 Å². The molecule has 2 N–H and O–H groups in total. The molecule has 2 aromatic rings. The number of hydrogen-bond donors (Lipinski definition) is 1. The van der Waals surface area contributed by atoms with Crippen molar-refractivity contribution in [3.8, 4) is 11.3 Å². The summed E-state index contributed by atoms with van der Waals surface area (Å²) in [7, 11) is 1.82. The van der Waals surface area contributed by atoms with Crippen LogP contribution in [0.1, 0.15) is 5.56 Å². The fourth-order valence-electron chi connectivity index (χ4n) is 1.32. The molecule has 2 aromatic heterocycles. The third-order valence-corrected chi connectivity index (χ3v) is 2.05. The monoisotopic (exact) mass is 189 g/mol. The maximum atomic E-state index is 5.77. The molecule has 0 aromatic carbocycles. The molecule has 0 saturated carbocycles. The highest BCUT2D eigenvalue weighted by Gasteiger charge is 2.08. The van der Waals surface area contributed by atoms with Gasteiger partial charge >= 0.3 is 0 Å². The van der Waals surface area contributed by atoms with Crippen LogP contribution in [0.2, 0.25) is 0 Å². The van der Waals surface area contributed by atoms with Crippen LogP contribution in [0.3, 0.4) is 0 Å². The maximum Gasteiger partial charge on any atom is 0.132 e. The minimum absolute atomic E-state index is 0.501. The van der Waals surface area contributed by atoms with Crippen LogP contribution >= 0.6 is 0 Å². The molecule has 0 fully saturated rings. The highest BCUT2D eigenvalue weighted by molar-refractivity contribution is 5.70. The van der Waals surface area contributed by atoms with Gasteiger partial charge < -0.3 is 5.73 Å². The van der Waals surface area contributed by atoms with Gasteiger partial charge in [-0.3, -0.25) is 0 Å². The first-order chi connectivity index (χ1) is 6.68. The fourth-order valence-corrected chi connectivity index (χ4v) is 1.32. The van der Waals surface area contributed by atoms with E-state index in [4.69, 9.17) is 5.73 Å². The van der Waals surface area contributed by atoms with Crippen molar-refractivity contribution in [1.29, 1.82) is 0 Å². The summed E-state index contributed by atoms with van der Waals surface area (Å²) in [4.78, 5) is 4.08. The summed E-state index contributed by atoms with van der Waals surface area (Å²) < 4.78 is 1.67. The van der Waals surface area contributed by atoms with Crippen LogP contribution in [0.15, 0.2) is 18.5 Å². The van der Waals surface area contributed by atoms with Crippen molar-refractivity contribution in [3.63, 3.8) is 0 Å². The molecular formula is C9H11N5. The summed E-state index contributed by atoms with van der Waals surface area (Å²) in [6.07, 6.45) is 3.41. The molecule has 2 rings (SSSR count). The van der Waals surface area contributed by atoms with Crippen LogP contribution in [0.25, 0.3) is 11.3 Å². The zero-order chi connectivity index (χ0) is 10.1. The number of nitrogen functional groups attached to an aromatic ring is 1. The minimum Gasteiger partial charge on any atom is -0.383 e. The molecule has 0 aliphatic heterocycles. The third-order valence-electron chi connectivity index (χ3n) is 2.05. The SMILES string of the molecule is Cc1cnc(N)c(-c2cnnn2C)c1. The average molecular weight is 189 g/mol. The summed E-state index contributed by atoms with van der Waals surface area (Å²) in [6.45, 7) is 1.97. The molecule has 2 heterocycles. The van der Waals surface area contributed by atoms with Crippen LogP contribution < -0.4 is 5.73 Å². The van der Waals surface area contributed by atoms with Gasteiger partial charge in [-0.05, 0) is 18.6 Å². The lowest BCUT2D eigenvalue weighted by molar-refractivity contribution is 0.720. The highest BCUT2D eigenvalue weighted by Crippen LogP contribution is 2.23. The standard InChI is InChI=1S/C9H11N5/c1-6-3-7(9(10)11-4-6)8-5-12-13-14(8)2/h3-5H,1-2H3,(H2,10,11). The molecule has 0 bridgehead atoms. The first kappa shape index (κ1) is 8.68. The molecular weight excluding hydrogens is 178 g/mol. The second-order valence-corrected chi connectivity index (χ2v) is 3.19. The summed E-state index contributed by atoms with van der Waals surface area (Å²) in [6, 6.07) is 1.97. The average Bonchev–Trinajstić information content (AvgIpc) is 2.56. The fraction of sp³-hybridized carbons (Fsp3) is 0.222. The van der Waals surface area contributed by atoms with E-state index >= 15 is 0 Å². The van der Waals surface area contributed by atoms with E-state index in [0.29, 0.717) is 5.82 Å². The van der Waals surface area contributed by atoms with Gasteiger partial charge in [-0.2, -0.15) is 0 Å². The van der Waals surface area contributed by atoms with Gasteiger partial charge in [0.2, 0.25) is 0 Å². The lowest BCUT2D eigenvalue weighted by atomic mass is 10.1. The largest absolute Gasteiger partial charge is 0.383 e. The number of nitrogens with two attached hydrogens (primary N) is 1. The Balaban J connectivity index is 2.62. The molecule has 14 heavy (non-hydrogen) atoms. The lowest BCUT2D eigenvalue weighted by Gasteiger charge is -2.04. The van der Waals surface area contributed by atoms with Gasteiger partial charge in [0, 0.05) is 18.8 Å². The van der Waals surface area contributed by atoms with Gasteiger partial charge in [0.25, 0.3) is 0 Å². The topological polar surface area (TPSA) is 69.6 Å². The van der Waals surface area contributed by atoms with Crippen molar-refractivity contribution < 1.29 is 0 Å². The van der Waals surface area contributed by atoms with E-state index < -0.39 is 0 Å². The van der Waals surface area contributed by atoms with Crippen molar-refractivity contribution >= 4 is 5.82 Å². The van der Waals surface area contributed by atoms with Crippen LogP contribution in [0.4, 0.5) is 5.82 Å². The molecule has 0 amide bonds. The number of pyridine rings is 1. The number of anilines is 1. The molecule has 0 spiro atoms. The Morgan fingerprint density at radius 2 is 2.14 bits per heavy atom. The summed E-state index contributed by atoms with van der Waals surface area (Å²) in [5.74, 6) is 0.501. The zero-order valence-corrected chi connectivity index (χ0v) is 8.10. The normalized spacial score (nSPS) is 10.4. The molecule has 5 heteroatoms. The van der Waals surface area contributed by atoms with Gasteiger partial charge in [-0.25, -0.2) is 9.67 Å². The van der Waals surface area contributed by atoms with E-state index in [0.717, 1.165) is 16.8 Å². The van der Waals surface area contributed by atoms with Crippen molar-refractivity contribution in [3.05, 3.63) is 24.0 Å². The number of nitrogens with zero attached hydrogens (tertiary/aromatic N) is 4.